The van der Waals surface area contributed by atoms with Crippen LogP contribution in [0, 0.1) is 0 Å². The number of nitrogens with one attached hydrogen (secondary N) is 1. The van der Waals surface area contributed by atoms with Crippen molar-refractivity contribution < 1.29 is 4.74 Å². The topological polar surface area (TPSA) is 47.0 Å². The van der Waals surface area contributed by atoms with E-state index in [4.69, 9.17) is 16.3 Å². The Kier molecular flexibility index (Phi) is 4.35. The maximum absolute atomic E-state index is 6.20. The second kappa shape index (κ2) is 6.42. The number of nitrogens with zero attached hydrogens (tertiary/aromatic N) is 2. The number of anilines is 2. The number of rotatable bonds is 4. The largest absolute Gasteiger partial charge is 0.495 e. The third-order valence-electron chi connectivity index (χ3n) is 3.55. The van der Waals surface area contributed by atoms with Crippen molar-refractivity contribution in [2.75, 3.05) is 12.4 Å². The normalized spacial score (nSPS) is 11.0. The molecule has 2 aromatic carbocycles. The van der Waals surface area contributed by atoms with Crippen LogP contribution < -0.4 is 10.1 Å². The van der Waals surface area contributed by atoms with Crippen molar-refractivity contribution in [2.24, 2.45) is 0 Å². The first-order valence-electron chi connectivity index (χ1n) is 7.45. The molecule has 0 fully saturated rings. The molecule has 0 unspecified atom stereocenters. The van der Waals surface area contributed by atoms with Crippen LogP contribution in [-0.4, -0.2) is 17.1 Å². The van der Waals surface area contributed by atoms with Crippen LogP contribution in [0.2, 0.25) is 5.02 Å². The average molecular weight is 328 g/mol. The first-order valence-corrected chi connectivity index (χ1v) is 7.83. The third-order valence-corrected chi connectivity index (χ3v) is 3.85. The lowest BCUT2D eigenvalue weighted by Gasteiger charge is -2.13. The molecule has 1 N–H and O–H groups in total. The number of para-hydroxylation sites is 1. The fourth-order valence-corrected chi connectivity index (χ4v) is 2.59. The molecule has 0 radical (unpaired) electrons. The lowest BCUT2D eigenvalue weighted by Crippen LogP contribution is -2.03. The van der Waals surface area contributed by atoms with Gasteiger partial charge in [-0.15, -0.1) is 0 Å². The molecule has 0 aliphatic rings. The maximum Gasteiger partial charge on any atom is 0.142 e. The predicted octanol–water partition coefficient (Wildman–Crippen LogP) is 5.16. The zero-order valence-electron chi connectivity index (χ0n) is 13.3. The summed E-state index contributed by atoms with van der Waals surface area (Å²) in [5.74, 6) is 2.48. The van der Waals surface area contributed by atoms with Gasteiger partial charge in [0.2, 0.25) is 0 Å². The van der Waals surface area contributed by atoms with E-state index in [0.29, 0.717) is 10.8 Å². The van der Waals surface area contributed by atoms with E-state index in [1.807, 2.05) is 42.5 Å². The van der Waals surface area contributed by atoms with Crippen LogP contribution in [0.25, 0.3) is 10.9 Å². The molecule has 5 heteroatoms. The molecule has 0 amide bonds. The highest BCUT2D eigenvalue weighted by molar-refractivity contribution is 6.32. The zero-order chi connectivity index (χ0) is 16.4. The Morgan fingerprint density at radius 1 is 1.09 bits per heavy atom. The minimum atomic E-state index is 0.250. The van der Waals surface area contributed by atoms with Gasteiger partial charge in [-0.25, -0.2) is 9.97 Å². The lowest BCUT2D eigenvalue weighted by atomic mass is 10.1. The summed E-state index contributed by atoms with van der Waals surface area (Å²) in [6, 6.07) is 13.5. The summed E-state index contributed by atoms with van der Waals surface area (Å²) >= 11 is 6.20. The Balaban J connectivity index is 2.06. The number of ether oxygens (including phenoxy) is 1. The maximum atomic E-state index is 6.20. The van der Waals surface area contributed by atoms with E-state index in [-0.39, 0.29) is 5.92 Å². The van der Waals surface area contributed by atoms with Gasteiger partial charge in [0.15, 0.2) is 0 Å². The second-order valence-corrected chi connectivity index (χ2v) is 5.98. The van der Waals surface area contributed by atoms with Crippen LogP contribution in [0.5, 0.6) is 5.75 Å². The molecule has 0 saturated carbocycles. The summed E-state index contributed by atoms with van der Waals surface area (Å²) in [4.78, 5) is 9.30. The molecule has 3 rings (SSSR count). The molecule has 0 bridgehead atoms. The van der Waals surface area contributed by atoms with Gasteiger partial charge in [-0.3, -0.25) is 0 Å². The van der Waals surface area contributed by atoms with Gasteiger partial charge in [0, 0.05) is 17.0 Å². The van der Waals surface area contributed by atoms with Crippen LogP contribution in [0.4, 0.5) is 11.5 Å². The van der Waals surface area contributed by atoms with Crippen LogP contribution >= 0.6 is 11.6 Å². The van der Waals surface area contributed by atoms with Crippen molar-refractivity contribution in [3.05, 3.63) is 53.3 Å². The van der Waals surface area contributed by atoms with Gasteiger partial charge in [0.1, 0.15) is 17.4 Å². The van der Waals surface area contributed by atoms with Crippen LogP contribution in [-0.2, 0) is 0 Å². The van der Waals surface area contributed by atoms with Crippen LogP contribution in [0.15, 0.2) is 42.5 Å². The highest BCUT2D eigenvalue weighted by Gasteiger charge is 2.11. The molecule has 4 nitrogen and oxygen atoms in total. The summed E-state index contributed by atoms with van der Waals surface area (Å²) in [5.41, 5.74) is 1.78. The van der Waals surface area contributed by atoms with E-state index in [9.17, 15) is 0 Å². The van der Waals surface area contributed by atoms with Gasteiger partial charge in [0.25, 0.3) is 0 Å². The lowest BCUT2D eigenvalue weighted by molar-refractivity contribution is 0.415. The van der Waals surface area contributed by atoms with Crippen molar-refractivity contribution in [3.8, 4) is 5.75 Å². The molecular weight excluding hydrogens is 310 g/mol. The summed E-state index contributed by atoms with van der Waals surface area (Å²) < 4.78 is 5.19. The van der Waals surface area contributed by atoms with E-state index >= 15 is 0 Å². The van der Waals surface area contributed by atoms with Crippen molar-refractivity contribution in [1.82, 2.24) is 9.97 Å². The van der Waals surface area contributed by atoms with E-state index in [0.717, 1.165) is 28.2 Å². The first kappa shape index (κ1) is 15.6. The Bertz CT molecular complexity index is 849. The van der Waals surface area contributed by atoms with Gasteiger partial charge < -0.3 is 10.1 Å². The van der Waals surface area contributed by atoms with Gasteiger partial charge >= 0.3 is 0 Å². The molecular formula is C18H18ClN3O. The summed E-state index contributed by atoms with van der Waals surface area (Å²) in [5, 5.41) is 4.87. The van der Waals surface area contributed by atoms with Crippen molar-refractivity contribution in [2.45, 2.75) is 19.8 Å². The molecule has 1 heterocycles. The Morgan fingerprint density at radius 3 is 2.57 bits per heavy atom. The number of benzene rings is 2. The van der Waals surface area contributed by atoms with Crippen LogP contribution in [0.3, 0.4) is 0 Å². The number of hydrogen-bond acceptors (Lipinski definition) is 4. The Hall–Kier alpha value is -2.33. The van der Waals surface area contributed by atoms with Gasteiger partial charge in [-0.2, -0.15) is 0 Å². The molecule has 23 heavy (non-hydrogen) atoms. The van der Waals surface area contributed by atoms with E-state index in [1.165, 1.54) is 0 Å². The Morgan fingerprint density at radius 2 is 1.87 bits per heavy atom. The highest BCUT2D eigenvalue weighted by Crippen LogP contribution is 2.30. The van der Waals surface area contributed by atoms with Gasteiger partial charge in [0.05, 0.1) is 17.6 Å². The standard InChI is InChI=1S/C18H18ClN3O/c1-11(2)17-21-15-7-5-4-6-13(15)18(22-17)20-12-8-9-16(23-3)14(19)10-12/h4-11H,1-3H3,(H,20,21,22). The van der Waals surface area contributed by atoms with E-state index in [1.54, 1.807) is 7.11 Å². The number of fused-ring (bicyclic) bond motifs is 1. The summed E-state index contributed by atoms with van der Waals surface area (Å²) in [6.07, 6.45) is 0. The smallest absolute Gasteiger partial charge is 0.142 e. The van der Waals surface area contributed by atoms with Crippen molar-refractivity contribution >= 4 is 34.0 Å². The van der Waals surface area contributed by atoms with Crippen molar-refractivity contribution in [1.29, 1.82) is 0 Å². The van der Waals surface area contributed by atoms with E-state index in [2.05, 4.69) is 29.1 Å². The molecule has 0 spiro atoms. The van der Waals surface area contributed by atoms with Crippen LogP contribution in [0.1, 0.15) is 25.6 Å². The number of aromatic nitrogens is 2. The van der Waals surface area contributed by atoms with Crippen molar-refractivity contribution in [3.63, 3.8) is 0 Å². The number of hydrogen-bond donors (Lipinski definition) is 1. The molecule has 0 saturated heterocycles. The summed E-state index contributed by atoms with van der Waals surface area (Å²) in [6.45, 7) is 4.16. The highest BCUT2D eigenvalue weighted by atomic mass is 35.5. The first-order chi connectivity index (χ1) is 11.1. The SMILES string of the molecule is COc1ccc(Nc2nc(C(C)C)nc3ccccc23)cc1Cl. The van der Waals surface area contributed by atoms with Gasteiger partial charge in [-0.05, 0) is 30.3 Å². The second-order valence-electron chi connectivity index (χ2n) is 5.58. The molecule has 0 aliphatic carbocycles. The monoisotopic (exact) mass is 327 g/mol. The van der Waals surface area contributed by atoms with E-state index < -0.39 is 0 Å². The number of methoxy groups -OCH3 is 1. The molecule has 1 aromatic heterocycles. The fraction of sp³-hybridized carbons (Fsp3) is 0.222. The average Bonchev–Trinajstić information content (AvgIpc) is 2.55. The molecule has 0 atom stereocenters. The zero-order valence-corrected chi connectivity index (χ0v) is 14.1. The quantitative estimate of drug-likeness (QED) is 0.719. The fourth-order valence-electron chi connectivity index (χ4n) is 2.33. The molecule has 0 aliphatic heterocycles. The van der Waals surface area contributed by atoms with Gasteiger partial charge in [-0.1, -0.05) is 37.6 Å². The summed E-state index contributed by atoms with van der Waals surface area (Å²) in [7, 11) is 1.60. The Labute approximate surface area is 140 Å². The molecule has 3 aromatic rings. The minimum Gasteiger partial charge on any atom is -0.495 e. The third kappa shape index (κ3) is 3.22. The molecule has 118 valence electrons. The minimum absolute atomic E-state index is 0.250. The predicted molar refractivity (Wildman–Crippen MR) is 94.9 cm³/mol. The number of halogens is 1.